The second kappa shape index (κ2) is 4.86. The van der Waals surface area contributed by atoms with E-state index in [1.165, 1.54) is 6.08 Å². The van der Waals surface area contributed by atoms with Gasteiger partial charge in [-0.2, -0.15) is 0 Å². The summed E-state index contributed by atoms with van der Waals surface area (Å²) in [6.45, 7) is 4.77. The van der Waals surface area contributed by atoms with Gasteiger partial charge in [-0.05, 0) is 0 Å². The summed E-state index contributed by atoms with van der Waals surface area (Å²) in [6.07, 6.45) is 7.59. The van der Waals surface area contributed by atoms with Crippen molar-refractivity contribution in [2.45, 2.75) is 0 Å². The van der Waals surface area contributed by atoms with Gasteiger partial charge in [0.15, 0.2) is 0 Å². The SMILES string of the molecule is [C+]#CC#CC=C=[CH-]. The van der Waals surface area contributed by atoms with Crippen LogP contribution >= 0.6 is 0 Å². The fourth-order valence-corrected chi connectivity index (χ4v) is 0.114. The molecule has 0 amide bonds. The van der Waals surface area contributed by atoms with Gasteiger partial charge in [0.2, 0.25) is 0 Å². The normalized spacial score (nSPS) is 4.29. The molecule has 0 fully saturated rings. The summed E-state index contributed by atoms with van der Waals surface area (Å²) in [5.74, 6) is 6.46. The van der Waals surface area contributed by atoms with Crippen LogP contribution in [0.1, 0.15) is 0 Å². The van der Waals surface area contributed by atoms with Crippen LogP contribution in [0.25, 0.3) is 0 Å². The standard InChI is InChI=1S/C7H2/c1-3-5-7-6-4-2/h1,5H. The Morgan fingerprint density at radius 3 is 2.71 bits per heavy atom. The molecule has 0 aromatic rings. The molecule has 0 atom stereocenters. The molecule has 0 rings (SSSR count). The van der Waals surface area contributed by atoms with Crippen molar-refractivity contribution in [3.63, 3.8) is 0 Å². The van der Waals surface area contributed by atoms with E-state index in [0.717, 1.165) is 0 Å². The van der Waals surface area contributed by atoms with E-state index < -0.39 is 0 Å². The van der Waals surface area contributed by atoms with E-state index in [4.69, 9.17) is 13.0 Å². The molecule has 0 radical (unpaired) electrons. The molecule has 0 nitrogen and oxygen atoms in total. The molecule has 0 N–H and O–H groups in total. The fraction of sp³-hybridized carbons (Fsp3) is 0. The predicted molar refractivity (Wildman–Crippen MR) is 27.3 cm³/mol. The van der Waals surface area contributed by atoms with Crippen molar-refractivity contribution in [2.24, 2.45) is 0 Å². The van der Waals surface area contributed by atoms with Crippen molar-refractivity contribution in [1.82, 2.24) is 0 Å². The van der Waals surface area contributed by atoms with Crippen LogP contribution in [0.5, 0.6) is 0 Å². The van der Waals surface area contributed by atoms with Crippen LogP contribution in [0.2, 0.25) is 0 Å². The topological polar surface area (TPSA) is 0 Å². The van der Waals surface area contributed by atoms with E-state index in [9.17, 15) is 0 Å². The summed E-state index contributed by atoms with van der Waals surface area (Å²) < 4.78 is 0. The molecular formula is C7H2. The number of hydrogen-bond acceptors (Lipinski definition) is 0. The molecule has 0 unspecified atom stereocenters. The van der Waals surface area contributed by atoms with Gasteiger partial charge in [0, 0.05) is 0 Å². The molecule has 0 aromatic heterocycles. The van der Waals surface area contributed by atoms with Crippen molar-refractivity contribution in [2.75, 3.05) is 0 Å². The molecule has 30 valence electrons. The van der Waals surface area contributed by atoms with Crippen LogP contribution in [0.4, 0.5) is 0 Å². The van der Waals surface area contributed by atoms with Gasteiger partial charge >= 0.3 is 42.6 Å². The summed E-state index contributed by atoms with van der Waals surface area (Å²) in [4.78, 5) is 0. The zero-order chi connectivity index (χ0) is 5.54. The van der Waals surface area contributed by atoms with Crippen molar-refractivity contribution in [3.8, 4) is 17.8 Å². The Kier molecular flexibility index (Phi) is 4.07. The van der Waals surface area contributed by atoms with Gasteiger partial charge < -0.3 is 0 Å². The van der Waals surface area contributed by atoms with E-state index in [0.29, 0.717) is 0 Å². The van der Waals surface area contributed by atoms with Gasteiger partial charge in [-0.15, -0.1) is 0 Å². The van der Waals surface area contributed by atoms with Gasteiger partial charge in [0.25, 0.3) is 0 Å². The van der Waals surface area contributed by atoms with Crippen LogP contribution in [0.3, 0.4) is 0 Å². The molecule has 0 spiro atoms. The van der Waals surface area contributed by atoms with Gasteiger partial charge in [-0.3, -0.25) is 0 Å². The summed E-state index contributed by atoms with van der Waals surface area (Å²) in [5, 5.41) is 0. The maximum atomic E-state index is 6.27. The van der Waals surface area contributed by atoms with Crippen LogP contribution < -0.4 is 0 Å². The second-order valence-corrected chi connectivity index (χ2v) is 0.705. The first-order valence-corrected chi connectivity index (χ1v) is 1.62. The van der Waals surface area contributed by atoms with E-state index in [1.54, 1.807) is 0 Å². The third-order valence-corrected chi connectivity index (χ3v) is 0.290. The Hall–Kier alpha value is -1.14. The quantitative estimate of drug-likeness (QED) is 0.231. The van der Waals surface area contributed by atoms with E-state index in [1.807, 2.05) is 5.92 Å². The van der Waals surface area contributed by atoms with E-state index in [2.05, 4.69) is 17.6 Å². The Bertz CT molecular complexity index is 174. The average Bonchev–Trinajstić information content (AvgIpc) is 1.69. The maximum absolute atomic E-state index is 6.27. The summed E-state index contributed by atoms with van der Waals surface area (Å²) in [5.41, 5.74) is 2.18. The Morgan fingerprint density at radius 2 is 2.29 bits per heavy atom. The predicted octanol–water partition coefficient (Wildman–Crippen LogP) is 0.724. The van der Waals surface area contributed by atoms with Gasteiger partial charge in [-0.1, -0.05) is 0 Å². The van der Waals surface area contributed by atoms with Gasteiger partial charge in [-0.25, -0.2) is 0 Å². The van der Waals surface area contributed by atoms with Crippen molar-refractivity contribution in [3.05, 3.63) is 24.8 Å². The zero-order valence-corrected chi connectivity index (χ0v) is 3.65. The zero-order valence-electron chi connectivity index (χ0n) is 3.65. The minimum absolute atomic E-state index is 1.32. The Morgan fingerprint density at radius 1 is 1.57 bits per heavy atom. The monoisotopic (exact) mass is 86.0 g/mol. The second-order valence-electron chi connectivity index (χ2n) is 0.705. The van der Waals surface area contributed by atoms with E-state index in [-0.39, 0.29) is 0 Å². The minimum atomic E-state index is 1.32. The van der Waals surface area contributed by atoms with Crippen LogP contribution in [-0.2, 0) is 0 Å². The summed E-state index contributed by atoms with van der Waals surface area (Å²) >= 11 is 0. The first-order valence-electron chi connectivity index (χ1n) is 1.62. The summed E-state index contributed by atoms with van der Waals surface area (Å²) in [6, 6.07) is 0. The number of rotatable bonds is 0. The average molecular weight is 86.1 g/mol. The number of hydrogen-bond donors (Lipinski definition) is 0. The number of allylic oxidation sites excluding steroid dienone is 1. The Balaban J connectivity index is 3.75. The molecule has 0 heteroatoms. The van der Waals surface area contributed by atoms with Crippen LogP contribution in [0.15, 0.2) is 11.8 Å². The molecule has 0 aliphatic rings. The molecular weight excluding hydrogens is 84.1 g/mol. The molecule has 0 bridgehead atoms. The van der Waals surface area contributed by atoms with Crippen LogP contribution in [0, 0.1) is 30.8 Å². The molecule has 0 aliphatic heterocycles. The van der Waals surface area contributed by atoms with Crippen molar-refractivity contribution < 1.29 is 0 Å². The van der Waals surface area contributed by atoms with E-state index >= 15 is 0 Å². The third-order valence-electron chi connectivity index (χ3n) is 0.290. The molecule has 0 saturated carbocycles. The van der Waals surface area contributed by atoms with Crippen LogP contribution in [-0.4, -0.2) is 0 Å². The fourth-order valence-electron chi connectivity index (χ4n) is 0.114. The van der Waals surface area contributed by atoms with Gasteiger partial charge in [0.05, 0.1) is 0 Å². The Labute approximate surface area is 43.5 Å². The molecule has 0 heterocycles. The molecule has 0 aromatic carbocycles. The first-order chi connectivity index (χ1) is 3.41. The summed E-state index contributed by atoms with van der Waals surface area (Å²) in [7, 11) is 0. The molecule has 0 saturated heterocycles. The first kappa shape index (κ1) is 5.86. The van der Waals surface area contributed by atoms with Crippen molar-refractivity contribution in [1.29, 1.82) is 0 Å². The molecule has 7 heavy (non-hydrogen) atoms. The van der Waals surface area contributed by atoms with Crippen molar-refractivity contribution >= 4 is 0 Å². The van der Waals surface area contributed by atoms with Gasteiger partial charge in [0.1, 0.15) is 0 Å². The third kappa shape index (κ3) is 4.86. The molecule has 0 aliphatic carbocycles.